The maximum atomic E-state index is 12.0. The second-order valence-electron chi connectivity index (χ2n) is 4.74. The summed E-state index contributed by atoms with van der Waals surface area (Å²) in [6.07, 6.45) is 3.28. The second-order valence-corrected chi connectivity index (χ2v) is 5.10. The Balaban J connectivity index is 1.81. The van der Waals surface area contributed by atoms with Crippen LogP contribution in [0.15, 0.2) is 40.0 Å². The Morgan fingerprint density at radius 1 is 1.45 bits per heavy atom. The smallest absolute Gasteiger partial charge is 0.274 e. The van der Waals surface area contributed by atoms with Crippen molar-refractivity contribution >= 4 is 29.4 Å². The van der Waals surface area contributed by atoms with E-state index in [0.717, 1.165) is 0 Å². The molecule has 0 aliphatic heterocycles. The molecule has 0 spiro atoms. The van der Waals surface area contributed by atoms with E-state index in [9.17, 15) is 4.79 Å². The van der Waals surface area contributed by atoms with E-state index >= 15 is 0 Å². The number of nitrogens with one attached hydrogen (secondary N) is 1. The number of hydrogen-bond acceptors (Lipinski definition) is 4. The minimum Gasteiger partial charge on any atom is -0.466 e. The average Bonchev–Trinajstić information content (AvgIpc) is 2.98. The zero-order valence-electron chi connectivity index (χ0n) is 12.0. The Bertz CT molecular complexity index is 879. The van der Waals surface area contributed by atoms with Crippen LogP contribution in [-0.2, 0) is 0 Å². The molecule has 0 aliphatic rings. The summed E-state index contributed by atoms with van der Waals surface area (Å²) in [4.78, 5) is 16.2. The van der Waals surface area contributed by atoms with Crippen LogP contribution in [0.25, 0.3) is 5.65 Å². The van der Waals surface area contributed by atoms with Crippen LogP contribution in [-0.4, -0.2) is 21.5 Å². The van der Waals surface area contributed by atoms with Gasteiger partial charge in [-0.3, -0.25) is 9.20 Å². The number of halogens is 1. The number of furan rings is 1. The zero-order valence-corrected chi connectivity index (χ0v) is 12.8. The lowest BCUT2D eigenvalue weighted by molar-refractivity contribution is 0.0953. The summed E-state index contributed by atoms with van der Waals surface area (Å²) >= 11 is 6.08. The molecule has 0 aromatic carbocycles. The van der Waals surface area contributed by atoms with Gasteiger partial charge < -0.3 is 4.42 Å². The number of carbonyl (C=O) groups is 1. The van der Waals surface area contributed by atoms with Gasteiger partial charge in [0.2, 0.25) is 0 Å². The van der Waals surface area contributed by atoms with Crippen molar-refractivity contribution in [3.05, 3.63) is 58.4 Å². The fourth-order valence-electron chi connectivity index (χ4n) is 2.17. The van der Waals surface area contributed by atoms with Crippen LogP contribution in [0.1, 0.15) is 27.6 Å². The Kier molecular flexibility index (Phi) is 3.68. The van der Waals surface area contributed by atoms with Crippen molar-refractivity contribution in [2.75, 3.05) is 0 Å². The van der Waals surface area contributed by atoms with E-state index in [2.05, 4.69) is 15.5 Å². The van der Waals surface area contributed by atoms with E-state index < -0.39 is 0 Å². The standard InChI is InChI=1S/C15H13ClN4O2/c1-9-7-11(10(2)22-9)15(21)19-17-8-12-14(16)18-13-5-3-4-6-20(12)13/h3-8H,1-2H3,(H,19,21)/b17-8+. The van der Waals surface area contributed by atoms with Crippen LogP contribution in [0.3, 0.4) is 0 Å². The van der Waals surface area contributed by atoms with Gasteiger partial charge >= 0.3 is 0 Å². The summed E-state index contributed by atoms with van der Waals surface area (Å²) < 4.78 is 7.10. The number of fused-ring (bicyclic) bond motifs is 1. The maximum absolute atomic E-state index is 12.0. The second kappa shape index (κ2) is 5.65. The van der Waals surface area contributed by atoms with Crippen molar-refractivity contribution in [1.29, 1.82) is 0 Å². The zero-order chi connectivity index (χ0) is 15.7. The van der Waals surface area contributed by atoms with Gasteiger partial charge in [-0.25, -0.2) is 10.4 Å². The number of rotatable bonds is 3. The molecule has 0 radical (unpaired) electrons. The van der Waals surface area contributed by atoms with Crippen molar-refractivity contribution in [3.63, 3.8) is 0 Å². The fraction of sp³-hybridized carbons (Fsp3) is 0.133. The fourth-order valence-corrected chi connectivity index (χ4v) is 2.40. The molecule has 0 unspecified atom stereocenters. The number of hydrogen-bond donors (Lipinski definition) is 1. The lowest BCUT2D eigenvalue weighted by atomic mass is 10.2. The van der Waals surface area contributed by atoms with E-state index in [1.54, 1.807) is 24.3 Å². The Hall–Kier alpha value is -2.60. The monoisotopic (exact) mass is 316 g/mol. The predicted octanol–water partition coefficient (Wildman–Crippen LogP) is 2.96. The third-order valence-electron chi connectivity index (χ3n) is 3.16. The van der Waals surface area contributed by atoms with Crippen molar-refractivity contribution in [3.8, 4) is 0 Å². The number of aromatic nitrogens is 2. The first-order valence-electron chi connectivity index (χ1n) is 6.59. The number of nitrogens with zero attached hydrogens (tertiary/aromatic N) is 3. The molecule has 0 bridgehead atoms. The molecule has 3 rings (SSSR count). The van der Waals surface area contributed by atoms with Crippen LogP contribution in [0.4, 0.5) is 0 Å². The highest BCUT2D eigenvalue weighted by Crippen LogP contribution is 2.16. The number of amides is 1. The molecule has 3 heterocycles. The molecule has 3 aromatic heterocycles. The topological polar surface area (TPSA) is 71.9 Å². The summed E-state index contributed by atoms with van der Waals surface area (Å²) in [7, 11) is 0. The normalized spacial score (nSPS) is 11.4. The van der Waals surface area contributed by atoms with E-state index in [-0.39, 0.29) is 5.91 Å². The lowest BCUT2D eigenvalue weighted by Crippen LogP contribution is -2.18. The van der Waals surface area contributed by atoms with E-state index in [4.69, 9.17) is 16.0 Å². The highest BCUT2D eigenvalue weighted by atomic mass is 35.5. The van der Waals surface area contributed by atoms with E-state index in [1.807, 2.05) is 24.4 Å². The van der Waals surface area contributed by atoms with Gasteiger partial charge in [0.05, 0.1) is 11.8 Å². The number of carbonyl (C=O) groups excluding carboxylic acids is 1. The molecule has 0 saturated heterocycles. The molecule has 112 valence electrons. The molecular weight excluding hydrogens is 304 g/mol. The molecule has 0 saturated carbocycles. The highest BCUT2D eigenvalue weighted by Gasteiger charge is 2.13. The largest absolute Gasteiger partial charge is 0.466 e. The maximum Gasteiger partial charge on any atom is 0.274 e. The molecule has 0 aliphatic carbocycles. The van der Waals surface area contributed by atoms with E-state index in [0.29, 0.717) is 33.6 Å². The van der Waals surface area contributed by atoms with Gasteiger partial charge in [-0.15, -0.1) is 0 Å². The Morgan fingerprint density at radius 3 is 3.00 bits per heavy atom. The lowest BCUT2D eigenvalue weighted by Gasteiger charge is -1.98. The van der Waals surface area contributed by atoms with Crippen LogP contribution in [0.2, 0.25) is 5.15 Å². The van der Waals surface area contributed by atoms with Crippen molar-refractivity contribution in [1.82, 2.24) is 14.8 Å². The summed E-state index contributed by atoms with van der Waals surface area (Å²) in [5.74, 6) is 0.894. The Morgan fingerprint density at radius 2 is 2.27 bits per heavy atom. The number of imidazole rings is 1. The first kappa shape index (κ1) is 14.3. The van der Waals surface area contributed by atoms with E-state index in [1.165, 1.54) is 6.21 Å². The van der Waals surface area contributed by atoms with Gasteiger partial charge in [0.15, 0.2) is 5.15 Å². The first-order chi connectivity index (χ1) is 10.6. The average molecular weight is 317 g/mol. The molecule has 22 heavy (non-hydrogen) atoms. The molecule has 7 heteroatoms. The molecule has 3 aromatic rings. The molecule has 1 amide bonds. The number of pyridine rings is 1. The van der Waals surface area contributed by atoms with Gasteiger partial charge in [0.1, 0.15) is 22.9 Å². The molecular formula is C15H13ClN4O2. The van der Waals surface area contributed by atoms with Gasteiger partial charge in [-0.05, 0) is 32.0 Å². The van der Waals surface area contributed by atoms with Gasteiger partial charge in [-0.2, -0.15) is 5.10 Å². The summed E-state index contributed by atoms with van der Waals surface area (Å²) in [6, 6.07) is 7.23. The molecule has 0 atom stereocenters. The van der Waals surface area contributed by atoms with Gasteiger partial charge in [-0.1, -0.05) is 17.7 Å². The quantitative estimate of drug-likeness (QED) is 0.596. The third-order valence-corrected chi connectivity index (χ3v) is 3.44. The predicted molar refractivity (Wildman–Crippen MR) is 83.4 cm³/mol. The summed E-state index contributed by atoms with van der Waals surface area (Å²) in [5, 5.41) is 4.26. The SMILES string of the molecule is Cc1cc(C(=O)N/N=C/c2c(Cl)nc3ccccn23)c(C)o1. The molecule has 0 fully saturated rings. The highest BCUT2D eigenvalue weighted by molar-refractivity contribution is 6.32. The van der Waals surface area contributed by atoms with Crippen molar-refractivity contribution in [2.24, 2.45) is 5.10 Å². The number of hydrazone groups is 1. The summed E-state index contributed by atoms with van der Waals surface area (Å²) in [5.41, 5.74) is 4.22. The van der Waals surface area contributed by atoms with Crippen LogP contribution in [0, 0.1) is 13.8 Å². The number of aryl methyl sites for hydroxylation is 2. The Labute approximate surface area is 131 Å². The van der Waals surface area contributed by atoms with Gasteiger partial charge in [0.25, 0.3) is 5.91 Å². The molecule has 6 nitrogen and oxygen atoms in total. The van der Waals surface area contributed by atoms with Crippen LogP contribution < -0.4 is 5.43 Å². The summed E-state index contributed by atoms with van der Waals surface area (Å²) in [6.45, 7) is 3.51. The van der Waals surface area contributed by atoms with Gasteiger partial charge in [0, 0.05) is 6.20 Å². The third kappa shape index (κ3) is 2.60. The van der Waals surface area contributed by atoms with Crippen molar-refractivity contribution in [2.45, 2.75) is 13.8 Å². The minimum absolute atomic E-state index is 0.319. The van der Waals surface area contributed by atoms with Crippen LogP contribution in [0.5, 0.6) is 0 Å². The van der Waals surface area contributed by atoms with Crippen molar-refractivity contribution < 1.29 is 9.21 Å². The van der Waals surface area contributed by atoms with Crippen LogP contribution >= 0.6 is 11.6 Å². The molecule has 1 N–H and O–H groups in total. The minimum atomic E-state index is -0.337. The first-order valence-corrected chi connectivity index (χ1v) is 6.97.